The van der Waals surface area contributed by atoms with Gasteiger partial charge in [0, 0.05) is 29.3 Å². The molecule has 148 valence electrons. The van der Waals surface area contributed by atoms with E-state index in [1.165, 1.54) is 26.4 Å². The molecule has 3 rings (SSSR count). The summed E-state index contributed by atoms with van der Waals surface area (Å²) in [6.45, 7) is 0. The lowest BCUT2D eigenvalue weighted by Gasteiger charge is -2.13. The maximum atomic E-state index is 12.9. The van der Waals surface area contributed by atoms with Gasteiger partial charge in [0.25, 0.3) is 5.91 Å². The first-order valence-electron chi connectivity index (χ1n) is 8.14. The highest BCUT2D eigenvalue weighted by Gasteiger charge is 2.24. The van der Waals surface area contributed by atoms with E-state index in [1.54, 1.807) is 24.3 Å². The van der Waals surface area contributed by atoms with Crippen molar-refractivity contribution in [3.05, 3.63) is 52.7 Å². The number of carbonyl (C=O) groups is 1. The summed E-state index contributed by atoms with van der Waals surface area (Å²) in [6.07, 6.45) is 1.10. The molecular weight excluding hydrogens is 406 g/mol. The van der Waals surface area contributed by atoms with E-state index in [2.05, 4.69) is 5.32 Å². The minimum absolute atomic E-state index is 0.0809. The molecule has 28 heavy (non-hydrogen) atoms. The van der Waals surface area contributed by atoms with Crippen LogP contribution in [-0.2, 0) is 15.6 Å². The largest absolute Gasteiger partial charge is 0.495 e. The van der Waals surface area contributed by atoms with Gasteiger partial charge in [0.15, 0.2) is 15.6 Å². The number of anilines is 1. The molecule has 0 bridgehead atoms. The van der Waals surface area contributed by atoms with Crippen LogP contribution in [0.25, 0.3) is 11.0 Å². The van der Waals surface area contributed by atoms with E-state index in [0.29, 0.717) is 38.7 Å². The molecule has 1 amide bonds. The van der Waals surface area contributed by atoms with Crippen LogP contribution in [0.2, 0.25) is 5.02 Å². The number of fused-ring (bicyclic) bond motifs is 1. The van der Waals surface area contributed by atoms with Gasteiger partial charge in [-0.15, -0.1) is 0 Å². The van der Waals surface area contributed by atoms with Gasteiger partial charge in [-0.1, -0.05) is 29.8 Å². The molecule has 0 fully saturated rings. The van der Waals surface area contributed by atoms with Crippen molar-refractivity contribution in [3.63, 3.8) is 0 Å². The summed E-state index contributed by atoms with van der Waals surface area (Å²) in [5.41, 5.74) is 1.03. The molecule has 0 unspecified atom stereocenters. The summed E-state index contributed by atoms with van der Waals surface area (Å²) in [5.74, 6) is -0.354. The van der Waals surface area contributed by atoms with Crippen LogP contribution >= 0.6 is 11.6 Å². The number of methoxy groups -OCH3 is 2. The summed E-state index contributed by atoms with van der Waals surface area (Å²) >= 11 is 6.08. The Kier molecular flexibility index (Phi) is 5.53. The molecule has 0 radical (unpaired) electrons. The van der Waals surface area contributed by atoms with Gasteiger partial charge in [-0.2, -0.15) is 0 Å². The second-order valence-corrected chi connectivity index (χ2v) is 8.66. The van der Waals surface area contributed by atoms with Crippen molar-refractivity contribution in [2.45, 2.75) is 5.75 Å². The van der Waals surface area contributed by atoms with Crippen LogP contribution in [0.4, 0.5) is 5.69 Å². The van der Waals surface area contributed by atoms with Gasteiger partial charge in [-0.05, 0) is 6.07 Å². The second-order valence-electron chi connectivity index (χ2n) is 6.12. The lowest BCUT2D eigenvalue weighted by molar-refractivity contribution is 0.0997. The van der Waals surface area contributed by atoms with Gasteiger partial charge in [0.1, 0.15) is 17.1 Å². The van der Waals surface area contributed by atoms with Crippen LogP contribution in [0, 0.1) is 0 Å². The fourth-order valence-electron chi connectivity index (χ4n) is 2.82. The summed E-state index contributed by atoms with van der Waals surface area (Å²) < 4.78 is 39.8. The van der Waals surface area contributed by atoms with Gasteiger partial charge in [-0.3, -0.25) is 4.79 Å². The van der Waals surface area contributed by atoms with Crippen LogP contribution in [0.1, 0.15) is 16.1 Å². The highest BCUT2D eigenvalue weighted by atomic mass is 35.5. The fraction of sp³-hybridized carbons (Fsp3) is 0.211. The van der Waals surface area contributed by atoms with E-state index in [9.17, 15) is 13.2 Å². The summed E-state index contributed by atoms with van der Waals surface area (Å²) in [4.78, 5) is 12.9. The van der Waals surface area contributed by atoms with E-state index in [-0.39, 0.29) is 11.5 Å². The van der Waals surface area contributed by atoms with Crippen molar-refractivity contribution in [1.82, 2.24) is 0 Å². The molecule has 0 saturated heterocycles. The topological polar surface area (TPSA) is 94.8 Å². The van der Waals surface area contributed by atoms with Gasteiger partial charge in [0.05, 0.1) is 30.7 Å². The Labute approximate surface area is 167 Å². The quantitative estimate of drug-likeness (QED) is 0.646. The Balaban J connectivity index is 2.06. The Hall–Kier alpha value is -2.71. The standard InChI is InChI=1S/C19H18ClNO6S/c1-25-16-9-14(17(26-2)8-13(16)20)21-19(22)18-12(10-28(3,23)24)11-6-4-5-7-15(11)27-18/h4-9H,10H2,1-3H3,(H,21,22). The zero-order chi connectivity index (χ0) is 20.5. The zero-order valence-corrected chi connectivity index (χ0v) is 17.0. The van der Waals surface area contributed by atoms with E-state index >= 15 is 0 Å². The minimum Gasteiger partial charge on any atom is -0.495 e. The molecule has 0 aliphatic heterocycles. The molecular formula is C19H18ClNO6S. The molecule has 0 aliphatic rings. The molecule has 0 spiro atoms. The van der Waals surface area contributed by atoms with Crippen LogP contribution in [-0.4, -0.2) is 34.8 Å². The molecule has 1 N–H and O–H groups in total. The maximum absolute atomic E-state index is 12.9. The number of hydrogen-bond donors (Lipinski definition) is 1. The molecule has 1 heterocycles. The summed E-state index contributed by atoms with van der Waals surface area (Å²) in [7, 11) is -0.517. The van der Waals surface area contributed by atoms with Gasteiger partial charge in [-0.25, -0.2) is 8.42 Å². The highest BCUT2D eigenvalue weighted by molar-refractivity contribution is 7.89. The second kappa shape index (κ2) is 7.73. The monoisotopic (exact) mass is 423 g/mol. The lowest BCUT2D eigenvalue weighted by Crippen LogP contribution is -2.15. The molecule has 9 heteroatoms. The zero-order valence-electron chi connectivity index (χ0n) is 15.4. The molecule has 7 nitrogen and oxygen atoms in total. The molecule has 0 atom stereocenters. The number of ether oxygens (including phenoxy) is 2. The molecule has 3 aromatic rings. The number of sulfone groups is 1. The third-order valence-electron chi connectivity index (χ3n) is 4.03. The Morgan fingerprint density at radius 2 is 1.82 bits per heavy atom. The van der Waals surface area contributed by atoms with Gasteiger partial charge >= 0.3 is 0 Å². The SMILES string of the molecule is COc1cc(NC(=O)c2oc3ccccc3c2CS(C)(=O)=O)c(OC)cc1Cl. The van der Waals surface area contributed by atoms with Crippen molar-refractivity contribution in [3.8, 4) is 11.5 Å². The highest BCUT2D eigenvalue weighted by Crippen LogP contribution is 2.36. The predicted octanol–water partition coefficient (Wildman–Crippen LogP) is 3.90. The van der Waals surface area contributed by atoms with E-state index < -0.39 is 15.7 Å². The van der Waals surface area contributed by atoms with Gasteiger partial charge < -0.3 is 19.2 Å². The molecule has 1 aromatic heterocycles. The number of hydrogen-bond acceptors (Lipinski definition) is 6. The van der Waals surface area contributed by atoms with Crippen LogP contribution < -0.4 is 14.8 Å². The first-order valence-corrected chi connectivity index (χ1v) is 10.6. The predicted molar refractivity (Wildman–Crippen MR) is 107 cm³/mol. The lowest BCUT2D eigenvalue weighted by atomic mass is 10.1. The molecule has 2 aromatic carbocycles. The Morgan fingerprint density at radius 1 is 1.14 bits per heavy atom. The normalized spacial score (nSPS) is 11.4. The van der Waals surface area contributed by atoms with Crippen molar-refractivity contribution >= 4 is 44.0 Å². The molecule has 0 saturated carbocycles. The Morgan fingerprint density at radius 3 is 2.46 bits per heavy atom. The number of halogens is 1. The summed E-state index contributed by atoms with van der Waals surface area (Å²) in [6, 6.07) is 9.89. The number of carbonyl (C=O) groups excluding carboxylic acids is 1. The van der Waals surface area contributed by atoms with Crippen LogP contribution in [0.3, 0.4) is 0 Å². The van der Waals surface area contributed by atoms with Crippen molar-refractivity contribution in [1.29, 1.82) is 0 Å². The number of para-hydroxylation sites is 1. The number of nitrogens with one attached hydrogen (secondary N) is 1. The van der Waals surface area contributed by atoms with Crippen molar-refractivity contribution in [2.24, 2.45) is 0 Å². The number of rotatable bonds is 6. The fourth-order valence-corrected chi connectivity index (χ4v) is 3.87. The smallest absolute Gasteiger partial charge is 0.291 e. The summed E-state index contributed by atoms with van der Waals surface area (Å²) in [5, 5.41) is 3.56. The first kappa shape index (κ1) is 20.0. The third kappa shape index (κ3) is 4.07. The van der Waals surface area contributed by atoms with E-state index in [1.807, 2.05) is 0 Å². The third-order valence-corrected chi connectivity index (χ3v) is 5.14. The number of amides is 1. The Bertz CT molecular complexity index is 1150. The number of furan rings is 1. The van der Waals surface area contributed by atoms with Crippen LogP contribution in [0.5, 0.6) is 11.5 Å². The minimum atomic E-state index is -3.40. The average molecular weight is 424 g/mol. The first-order chi connectivity index (χ1) is 13.2. The van der Waals surface area contributed by atoms with E-state index in [4.69, 9.17) is 25.5 Å². The number of benzene rings is 2. The average Bonchev–Trinajstić information content (AvgIpc) is 3.00. The van der Waals surface area contributed by atoms with Crippen molar-refractivity contribution < 1.29 is 27.1 Å². The molecule has 0 aliphatic carbocycles. The van der Waals surface area contributed by atoms with Crippen molar-refractivity contribution in [2.75, 3.05) is 25.8 Å². The maximum Gasteiger partial charge on any atom is 0.291 e. The van der Waals surface area contributed by atoms with Gasteiger partial charge in [0.2, 0.25) is 0 Å². The van der Waals surface area contributed by atoms with Crippen LogP contribution in [0.15, 0.2) is 40.8 Å². The van der Waals surface area contributed by atoms with E-state index in [0.717, 1.165) is 6.26 Å².